The Bertz CT molecular complexity index is 742. The maximum absolute atomic E-state index is 12.3. The van der Waals surface area contributed by atoms with Crippen LogP contribution in [-0.2, 0) is 24.3 Å². The van der Waals surface area contributed by atoms with E-state index in [1.807, 2.05) is 0 Å². The average Bonchev–Trinajstić information content (AvgIpc) is 2.51. The molecule has 1 aromatic rings. The molecule has 8 nitrogen and oxygen atoms in total. The first-order valence-corrected chi connectivity index (χ1v) is 9.11. The van der Waals surface area contributed by atoms with Crippen molar-refractivity contribution in [2.45, 2.75) is 18.7 Å². The molecular formula is C16H25N3O5S. The van der Waals surface area contributed by atoms with Gasteiger partial charge in [-0.05, 0) is 18.2 Å². The molecule has 1 amide bonds. The van der Waals surface area contributed by atoms with Crippen LogP contribution in [0.25, 0.3) is 0 Å². The molecule has 140 valence electrons. The smallest absolute Gasteiger partial charge is 0.308 e. The normalized spacial score (nSPS) is 11.5. The van der Waals surface area contributed by atoms with Crippen molar-refractivity contribution in [2.24, 2.45) is 5.92 Å². The first-order chi connectivity index (χ1) is 11.5. The highest BCUT2D eigenvalue weighted by molar-refractivity contribution is 7.89. The minimum atomic E-state index is -3.64. The number of sulfonamides is 1. The molecule has 0 aromatic heterocycles. The van der Waals surface area contributed by atoms with Gasteiger partial charge in [0.1, 0.15) is 0 Å². The van der Waals surface area contributed by atoms with Crippen LogP contribution < -0.4 is 10.2 Å². The Kier molecular flexibility index (Phi) is 6.95. The Morgan fingerprint density at radius 2 is 1.76 bits per heavy atom. The molecule has 1 N–H and O–H groups in total. The predicted octanol–water partition coefficient (Wildman–Crippen LogP) is 1.14. The molecule has 0 bridgehead atoms. The largest absolute Gasteiger partial charge is 0.455 e. The zero-order chi connectivity index (χ0) is 19.4. The van der Waals surface area contributed by atoms with Crippen molar-refractivity contribution in [3.63, 3.8) is 0 Å². The number of esters is 1. The molecule has 0 aliphatic heterocycles. The van der Waals surface area contributed by atoms with Crippen LogP contribution in [0, 0.1) is 5.92 Å². The molecule has 0 saturated heterocycles. The highest BCUT2D eigenvalue weighted by Crippen LogP contribution is 2.28. The Labute approximate surface area is 148 Å². The van der Waals surface area contributed by atoms with E-state index in [1.54, 1.807) is 38.9 Å². The van der Waals surface area contributed by atoms with Gasteiger partial charge in [-0.2, -0.15) is 0 Å². The van der Waals surface area contributed by atoms with Gasteiger partial charge in [0.05, 0.1) is 22.2 Å². The number of hydrogen-bond acceptors (Lipinski definition) is 6. The van der Waals surface area contributed by atoms with Gasteiger partial charge in [0, 0.05) is 28.2 Å². The van der Waals surface area contributed by atoms with E-state index in [-0.39, 0.29) is 10.8 Å². The van der Waals surface area contributed by atoms with Gasteiger partial charge in [0.15, 0.2) is 6.61 Å². The summed E-state index contributed by atoms with van der Waals surface area (Å²) in [6.45, 7) is 2.90. The van der Waals surface area contributed by atoms with E-state index in [9.17, 15) is 18.0 Å². The van der Waals surface area contributed by atoms with Crippen molar-refractivity contribution in [1.29, 1.82) is 0 Å². The predicted molar refractivity (Wildman–Crippen MR) is 96.1 cm³/mol. The molecule has 25 heavy (non-hydrogen) atoms. The summed E-state index contributed by atoms with van der Waals surface area (Å²) in [6.07, 6.45) is 0. The monoisotopic (exact) mass is 371 g/mol. The molecule has 0 aliphatic carbocycles. The number of carbonyl (C=O) groups excluding carboxylic acids is 2. The second kappa shape index (κ2) is 8.30. The molecular weight excluding hydrogens is 346 g/mol. The van der Waals surface area contributed by atoms with Gasteiger partial charge in [-0.25, -0.2) is 12.7 Å². The fourth-order valence-electron chi connectivity index (χ4n) is 1.87. The molecule has 0 atom stereocenters. The van der Waals surface area contributed by atoms with E-state index in [4.69, 9.17) is 4.74 Å². The second-order valence-corrected chi connectivity index (χ2v) is 8.32. The molecule has 0 fully saturated rings. The number of carbonyl (C=O) groups is 2. The summed E-state index contributed by atoms with van der Waals surface area (Å²) in [6, 6.07) is 4.46. The summed E-state index contributed by atoms with van der Waals surface area (Å²) in [5.74, 6) is -1.36. The van der Waals surface area contributed by atoms with Crippen LogP contribution in [0.2, 0.25) is 0 Å². The number of nitrogens with one attached hydrogen (secondary N) is 1. The SMILES string of the molecule is CC(C)C(=O)OCC(=O)Nc1cc(S(=O)(=O)N(C)C)ccc1N(C)C. The quantitative estimate of drug-likeness (QED) is 0.722. The third-order valence-electron chi connectivity index (χ3n) is 3.32. The van der Waals surface area contributed by atoms with Crippen LogP contribution in [0.15, 0.2) is 23.1 Å². The van der Waals surface area contributed by atoms with Gasteiger partial charge >= 0.3 is 5.97 Å². The van der Waals surface area contributed by atoms with Crippen molar-refractivity contribution in [3.8, 4) is 0 Å². The summed E-state index contributed by atoms with van der Waals surface area (Å²) < 4.78 is 30.5. The minimum absolute atomic E-state index is 0.0533. The van der Waals surface area contributed by atoms with Crippen molar-refractivity contribution in [1.82, 2.24) is 4.31 Å². The summed E-state index contributed by atoms with van der Waals surface area (Å²) >= 11 is 0. The third-order valence-corrected chi connectivity index (χ3v) is 5.13. The van der Waals surface area contributed by atoms with Crippen LogP contribution in [0.4, 0.5) is 11.4 Å². The van der Waals surface area contributed by atoms with E-state index in [2.05, 4.69) is 5.32 Å². The first kappa shape index (κ1) is 20.9. The lowest BCUT2D eigenvalue weighted by Gasteiger charge is -2.20. The Morgan fingerprint density at radius 1 is 1.16 bits per heavy atom. The topological polar surface area (TPSA) is 96.0 Å². The van der Waals surface area contributed by atoms with E-state index in [0.29, 0.717) is 11.4 Å². The van der Waals surface area contributed by atoms with Gasteiger partial charge in [0.2, 0.25) is 10.0 Å². The summed E-state index contributed by atoms with van der Waals surface area (Å²) in [5.41, 5.74) is 0.944. The fraction of sp³-hybridized carbons (Fsp3) is 0.500. The summed E-state index contributed by atoms with van der Waals surface area (Å²) in [7, 11) is 2.76. The van der Waals surface area contributed by atoms with Crippen LogP contribution in [0.5, 0.6) is 0 Å². The van der Waals surface area contributed by atoms with Gasteiger partial charge < -0.3 is 15.0 Å². The standard InChI is InChI=1S/C16H25N3O5S/c1-11(2)16(21)24-10-15(20)17-13-9-12(25(22,23)19(5)6)7-8-14(13)18(3)4/h7-9,11H,10H2,1-6H3,(H,17,20). The minimum Gasteiger partial charge on any atom is -0.455 e. The van der Waals surface area contributed by atoms with Crippen LogP contribution >= 0.6 is 0 Å². The van der Waals surface area contributed by atoms with Crippen LogP contribution in [0.1, 0.15) is 13.8 Å². The second-order valence-electron chi connectivity index (χ2n) is 6.17. The number of anilines is 2. The molecule has 0 saturated carbocycles. The first-order valence-electron chi connectivity index (χ1n) is 7.67. The molecule has 1 rings (SSSR count). The zero-order valence-corrected chi connectivity index (χ0v) is 16.2. The number of hydrogen-bond donors (Lipinski definition) is 1. The van der Waals surface area contributed by atoms with Gasteiger partial charge in [0.25, 0.3) is 5.91 Å². The van der Waals surface area contributed by atoms with Crippen molar-refractivity contribution < 1.29 is 22.7 Å². The molecule has 0 heterocycles. The number of nitrogens with zero attached hydrogens (tertiary/aromatic N) is 2. The number of amides is 1. The third kappa shape index (κ3) is 5.43. The van der Waals surface area contributed by atoms with Crippen LogP contribution in [-0.4, -0.2) is 59.4 Å². The van der Waals surface area contributed by atoms with E-state index in [1.165, 1.54) is 26.2 Å². The maximum atomic E-state index is 12.3. The molecule has 0 aliphatic rings. The van der Waals surface area contributed by atoms with E-state index < -0.39 is 28.5 Å². The number of rotatable bonds is 7. The lowest BCUT2D eigenvalue weighted by atomic mass is 10.2. The highest BCUT2D eigenvalue weighted by atomic mass is 32.2. The lowest BCUT2D eigenvalue weighted by Crippen LogP contribution is -2.25. The summed E-state index contributed by atoms with van der Waals surface area (Å²) in [4.78, 5) is 25.3. The molecule has 0 radical (unpaired) electrons. The van der Waals surface area contributed by atoms with Gasteiger partial charge in [-0.15, -0.1) is 0 Å². The zero-order valence-electron chi connectivity index (χ0n) is 15.4. The molecule has 1 aromatic carbocycles. The fourth-order valence-corrected chi connectivity index (χ4v) is 2.79. The number of benzene rings is 1. The highest BCUT2D eigenvalue weighted by Gasteiger charge is 2.20. The molecule has 9 heteroatoms. The Balaban J connectivity index is 3.07. The maximum Gasteiger partial charge on any atom is 0.308 e. The number of ether oxygens (including phenoxy) is 1. The average molecular weight is 371 g/mol. The van der Waals surface area contributed by atoms with Crippen molar-refractivity contribution in [2.75, 3.05) is 45.0 Å². The molecule has 0 unspecified atom stereocenters. The Morgan fingerprint density at radius 3 is 2.24 bits per heavy atom. The van der Waals surface area contributed by atoms with Gasteiger partial charge in [-0.1, -0.05) is 13.8 Å². The molecule has 0 spiro atoms. The van der Waals surface area contributed by atoms with Crippen LogP contribution in [0.3, 0.4) is 0 Å². The van der Waals surface area contributed by atoms with Crippen molar-refractivity contribution >= 4 is 33.3 Å². The van der Waals surface area contributed by atoms with E-state index >= 15 is 0 Å². The summed E-state index contributed by atoms with van der Waals surface area (Å²) in [5, 5.41) is 2.60. The lowest BCUT2D eigenvalue weighted by molar-refractivity contribution is -0.150. The van der Waals surface area contributed by atoms with Gasteiger partial charge in [-0.3, -0.25) is 9.59 Å². The van der Waals surface area contributed by atoms with E-state index in [0.717, 1.165) is 4.31 Å². The van der Waals surface area contributed by atoms with Crippen molar-refractivity contribution in [3.05, 3.63) is 18.2 Å². The Hall–Kier alpha value is -2.13.